The van der Waals surface area contributed by atoms with E-state index in [2.05, 4.69) is 59.3 Å². The Morgan fingerprint density at radius 3 is 2.71 bits per heavy atom. The number of phenols is 1. The van der Waals surface area contributed by atoms with E-state index in [0.29, 0.717) is 24.1 Å². The zero-order chi connectivity index (χ0) is 26.5. The summed E-state index contributed by atoms with van der Waals surface area (Å²) in [6.07, 6.45) is 9.86. The van der Waals surface area contributed by atoms with Crippen molar-refractivity contribution >= 4 is 5.91 Å². The number of amides is 1. The molecule has 2 heterocycles. The van der Waals surface area contributed by atoms with Crippen LogP contribution in [0.15, 0.2) is 48.5 Å². The van der Waals surface area contributed by atoms with Gasteiger partial charge in [0, 0.05) is 50.1 Å². The molecule has 2 aromatic carbocycles. The van der Waals surface area contributed by atoms with Gasteiger partial charge in [0.05, 0.1) is 0 Å². The second-order valence-corrected chi connectivity index (χ2v) is 12.3. The first-order valence-electron chi connectivity index (χ1n) is 15.1. The van der Waals surface area contributed by atoms with Crippen molar-refractivity contribution in [1.29, 1.82) is 0 Å². The van der Waals surface area contributed by atoms with Crippen LogP contribution in [0.5, 0.6) is 5.75 Å². The number of rotatable bonds is 10. The molecule has 3 aliphatic rings. The molecule has 206 valence electrons. The largest absolute Gasteiger partial charge is 0.508 e. The van der Waals surface area contributed by atoms with Gasteiger partial charge < -0.3 is 10.4 Å². The van der Waals surface area contributed by atoms with Crippen LogP contribution < -0.4 is 5.32 Å². The van der Waals surface area contributed by atoms with E-state index in [0.717, 1.165) is 58.4 Å². The molecular formula is C33H47N3O2. The highest BCUT2D eigenvalue weighted by Crippen LogP contribution is 2.50. The number of hydrogen-bond acceptors (Lipinski definition) is 4. The third-order valence-corrected chi connectivity index (χ3v) is 9.69. The van der Waals surface area contributed by atoms with E-state index in [1.165, 1.54) is 42.4 Å². The number of unbranched alkanes of at least 4 members (excludes halogenated alkanes) is 3. The van der Waals surface area contributed by atoms with Crippen molar-refractivity contribution in [2.45, 2.75) is 95.7 Å². The number of benzene rings is 2. The molecule has 1 aliphatic carbocycles. The number of carbonyl (C=O) groups is 1. The Morgan fingerprint density at radius 1 is 1.05 bits per heavy atom. The Labute approximate surface area is 229 Å². The van der Waals surface area contributed by atoms with E-state index in [4.69, 9.17) is 0 Å². The van der Waals surface area contributed by atoms with Gasteiger partial charge >= 0.3 is 0 Å². The van der Waals surface area contributed by atoms with Crippen molar-refractivity contribution in [2.75, 3.05) is 26.2 Å². The lowest BCUT2D eigenvalue weighted by Gasteiger charge is -2.56. The smallest absolute Gasteiger partial charge is 0.221 e. The maximum Gasteiger partial charge on any atom is 0.221 e. The van der Waals surface area contributed by atoms with Crippen molar-refractivity contribution < 1.29 is 9.90 Å². The zero-order valence-electron chi connectivity index (χ0n) is 23.5. The first-order valence-corrected chi connectivity index (χ1v) is 15.1. The fourth-order valence-corrected chi connectivity index (χ4v) is 7.56. The van der Waals surface area contributed by atoms with Crippen molar-refractivity contribution in [3.63, 3.8) is 0 Å². The van der Waals surface area contributed by atoms with E-state index in [-0.39, 0.29) is 17.4 Å². The van der Waals surface area contributed by atoms with Gasteiger partial charge in [-0.1, -0.05) is 69.5 Å². The average molecular weight is 518 g/mol. The average Bonchev–Trinajstić information content (AvgIpc) is 2.92. The van der Waals surface area contributed by atoms with Crippen molar-refractivity contribution in [3.05, 3.63) is 65.2 Å². The van der Waals surface area contributed by atoms with Crippen LogP contribution in [0.25, 0.3) is 0 Å². The lowest BCUT2D eigenvalue weighted by molar-refractivity contribution is -0.123. The number of piperidine rings is 1. The van der Waals surface area contributed by atoms with Crippen LogP contribution in [-0.2, 0) is 23.2 Å². The van der Waals surface area contributed by atoms with Gasteiger partial charge in [0.2, 0.25) is 5.91 Å². The van der Waals surface area contributed by atoms with Crippen molar-refractivity contribution in [2.24, 2.45) is 5.92 Å². The molecule has 2 bridgehead atoms. The van der Waals surface area contributed by atoms with Gasteiger partial charge in [-0.15, -0.1) is 0 Å². The van der Waals surface area contributed by atoms with E-state index in [1.54, 1.807) is 6.07 Å². The Bertz CT molecular complexity index is 1090. The minimum absolute atomic E-state index is 0.00387. The van der Waals surface area contributed by atoms with Crippen molar-refractivity contribution in [1.82, 2.24) is 15.1 Å². The first-order chi connectivity index (χ1) is 18.5. The summed E-state index contributed by atoms with van der Waals surface area (Å²) in [5.74, 6) is 0.999. The van der Waals surface area contributed by atoms with Crippen LogP contribution in [0.2, 0.25) is 0 Å². The first kappa shape index (κ1) is 27.2. The van der Waals surface area contributed by atoms with Gasteiger partial charge in [-0.05, 0) is 73.4 Å². The summed E-state index contributed by atoms with van der Waals surface area (Å²) in [6, 6.07) is 17.3. The molecule has 0 radical (unpaired) electrons. The summed E-state index contributed by atoms with van der Waals surface area (Å²) < 4.78 is 0. The number of likely N-dealkylation sites (tertiary alicyclic amines) is 1. The predicted octanol–water partition coefficient (Wildman–Crippen LogP) is 5.65. The number of carbonyl (C=O) groups excluding carboxylic acids is 1. The topological polar surface area (TPSA) is 55.8 Å². The van der Waals surface area contributed by atoms with Gasteiger partial charge in [-0.25, -0.2) is 0 Å². The number of aromatic hydroxyl groups is 1. The Balaban J connectivity index is 1.24. The second-order valence-electron chi connectivity index (χ2n) is 12.3. The quantitative estimate of drug-likeness (QED) is 0.400. The summed E-state index contributed by atoms with van der Waals surface area (Å²) in [5, 5.41) is 13.8. The molecule has 0 aromatic heterocycles. The maximum atomic E-state index is 13.2. The molecule has 2 aliphatic heterocycles. The monoisotopic (exact) mass is 517 g/mol. The fraction of sp³-hybridized carbons (Fsp3) is 0.606. The molecule has 38 heavy (non-hydrogen) atoms. The molecule has 5 heteroatoms. The Kier molecular flexibility index (Phi) is 8.74. The zero-order valence-corrected chi connectivity index (χ0v) is 23.5. The summed E-state index contributed by atoms with van der Waals surface area (Å²) in [7, 11) is 0. The van der Waals surface area contributed by atoms with E-state index in [1.807, 2.05) is 12.1 Å². The number of phenolic OH excluding ortho intramolecular Hbond substituents is 1. The molecular weight excluding hydrogens is 470 g/mol. The molecule has 2 aromatic rings. The normalized spacial score (nSPS) is 27.6. The number of nitrogens with zero attached hydrogens (tertiary/aromatic N) is 2. The van der Waals surface area contributed by atoms with Crippen LogP contribution in [0.3, 0.4) is 0 Å². The van der Waals surface area contributed by atoms with Gasteiger partial charge in [0.15, 0.2) is 0 Å². The van der Waals surface area contributed by atoms with E-state index in [9.17, 15) is 9.90 Å². The number of hydrogen-bond donors (Lipinski definition) is 2. The van der Waals surface area contributed by atoms with Crippen LogP contribution >= 0.6 is 0 Å². The van der Waals surface area contributed by atoms with Crippen LogP contribution in [0.1, 0.15) is 81.9 Å². The van der Waals surface area contributed by atoms with Gasteiger partial charge in [-0.3, -0.25) is 14.6 Å². The van der Waals surface area contributed by atoms with Crippen LogP contribution in [0.4, 0.5) is 0 Å². The Morgan fingerprint density at radius 2 is 1.89 bits per heavy atom. The molecule has 0 spiro atoms. The number of nitrogens with one attached hydrogen (secondary N) is 1. The van der Waals surface area contributed by atoms with Gasteiger partial charge in [0.1, 0.15) is 5.75 Å². The summed E-state index contributed by atoms with van der Waals surface area (Å²) in [5.41, 5.74) is 4.09. The van der Waals surface area contributed by atoms with Crippen molar-refractivity contribution in [3.8, 4) is 5.75 Å². The van der Waals surface area contributed by atoms with E-state index < -0.39 is 0 Å². The minimum atomic E-state index is -0.00387. The lowest BCUT2D eigenvalue weighted by Crippen LogP contribution is -2.61. The molecule has 4 atom stereocenters. The standard InChI is InChI=1S/C33H47N3O2/c1-3-4-5-8-16-36-23-25(2)33(28-12-9-13-31(37)19-28)21-29(20-30(36)22-33)34-32(38)15-18-35-17-14-26-10-6-7-11-27(26)24-35/h6-7,9-13,19,25,29-30,37H,3-5,8,14-18,20-24H2,1-2H3,(H,34,38)/t25-,29+,30+,33+/m1/s1. The number of fused-ring (bicyclic) bond motifs is 3. The predicted molar refractivity (Wildman–Crippen MR) is 154 cm³/mol. The Hall–Kier alpha value is -2.37. The second kappa shape index (κ2) is 12.2. The third-order valence-electron chi connectivity index (χ3n) is 9.69. The third kappa shape index (κ3) is 6.10. The van der Waals surface area contributed by atoms with Crippen LogP contribution in [-0.4, -0.2) is 59.1 Å². The molecule has 0 unspecified atom stereocenters. The minimum Gasteiger partial charge on any atom is -0.508 e. The molecule has 5 rings (SSSR count). The summed E-state index contributed by atoms with van der Waals surface area (Å²) in [4.78, 5) is 18.4. The molecule has 1 saturated heterocycles. The van der Waals surface area contributed by atoms with Gasteiger partial charge in [0.25, 0.3) is 0 Å². The van der Waals surface area contributed by atoms with Crippen LogP contribution in [0, 0.1) is 5.92 Å². The SMILES string of the molecule is CCCCCCN1C[C@@H](C)[C@]2(c3cccc(O)c3)C[C@@H](NC(=O)CCN3CCc4ccccc4C3)C[C@H]1C2. The highest BCUT2D eigenvalue weighted by Gasteiger charge is 2.51. The molecule has 1 amide bonds. The summed E-state index contributed by atoms with van der Waals surface area (Å²) in [6.45, 7) is 9.70. The highest BCUT2D eigenvalue weighted by atomic mass is 16.3. The highest BCUT2D eigenvalue weighted by molar-refractivity contribution is 5.76. The summed E-state index contributed by atoms with van der Waals surface area (Å²) >= 11 is 0. The van der Waals surface area contributed by atoms with Gasteiger partial charge in [-0.2, -0.15) is 0 Å². The molecule has 2 fully saturated rings. The fourth-order valence-electron chi connectivity index (χ4n) is 7.56. The molecule has 5 nitrogen and oxygen atoms in total. The van der Waals surface area contributed by atoms with E-state index >= 15 is 0 Å². The molecule has 2 N–H and O–H groups in total. The maximum absolute atomic E-state index is 13.2. The molecule has 1 saturated carbocycles. The lowest BCUT2D eigenvalue weighted by atomic mass is 9.57.